The van der Waals surface area contributed by atoms with E-state index in [1.807, 2.05) is 31.7 Å². The number of aromatic nitrogens is 1. The molecule has 8 heteroatoms. The Morgan fingerprint density at radius 1 is 1.23 bits per heavy atom. The maximum atomic E-state index is 12.4. The highest BCUT2D eigenvalue weighted by atomic mass is 35.5. The largest absolute Gasteiger partial charge is 0.444 e. The predicted molar refractivity (Wildman–Crippen MR) is 123 cm³/mol. The number of rotatable bonds is 5. The summed E-state index contributed by atoms with van der Waals surface area (Å²) >= 11 is 7.31. The average Bonchev–Trinajstić information content (AvgIpc) is 2.67. The van der Waals surface area contributed by atoms with E-state index in [9.17, 15) is 4.79 Å². The van der Waals surface area contributed by atoms with E-state index in [4.69, 9.17) is 16.3 Å². The number of ether oxygens (including phenoxy) is 1. The molecule has 1 fully saturated rings. The van der Waals surface area contributed by atoms with E-state index in [0.717, 1.165) is 30.2 Å². The number of nitrogens with one attached hydrogen (secondary N) is 1. The number of carbonyl (C=O) groups excluding carboxylic acids is 1. The first kappa shape index (κ1) is 22.7. The lowest BCUT2D eigenvalue weighted by Crippen LogP contribution is -2.54. The molecule has 1 aromatic heterocycles. The van der Waals surface area contributed by atoms with Crippen LogP contribution in [0, 0.1) is 0 Å². The summed E-state index contributed by atoms with van der Waals surface area (Å²) in [6.07, 6.45) is 1.52. The summed E-state index contributed by atoms with van der Waals surface area (Å²) < 4.78 is 8.84. The van der Waals surface area contributed by atoms with Crippen molar-refractivity contribution in [2.24, 2.45) is 0 Å². The van der Waals surface area contributed by atoms with Crippen LogP contribution in [0.1, 0.15) is 33.3 Å². The summed E-state index contributed by atoms with van der Waals surface area (Å²) in [7, 11) is 0. The molecule has 1 aliphatic heterocycles. The zero-order valence-corrected chi connectivity index (χ0v) is 19.5. The minimum Gasteiger partial charge on any atom is -0.444 e. The van der Waals surface area contributed by atoms with E-state index < -0.39 is 5.60 Å². The molecule has 2 heterocycles. The molecule has 0 aliphatic carbocycles. The minimum absolute atomic E-state index is 0.124. The molecule has 1 aliphatic rings. The third-order valence-corrected chi connectivity index (χ3v) is 5.73. The highest BCUT2D eigenvalue weighted by Crippen LogP contribution is 2.22. The van der Waals surface area contributed by atoms with Gasteiger partial charge in [0.1, 0.15) is 10.8 Å². The molecule has 1 saturated heterocycles. The van der Waals surface area contributed by atoms with Gasteiger partial charge < -0.3 is 14.4 Å². The first-order chi connectivity index (χ1) is 14.2. The average molecular weight is 449 g/mol. The van der Waals surface area contributed by atoms with Crippen molar-refractivity contribution in [2.45, 2.75) is 50.8 Å². The van der Waals surface area contributed by atoms with E-state index >= 15 is 0 Å². The molecule has 1 amide bonds. The number of benzene rings is 1. The fourth-order valence-electron chi connectivity index (χ4n) is 3.25. The lowest BCUT2D eigenvalue weighted by Gasteiger charge is -2.40. The lowest BCUT2D eigenvalue weighted by atomic mass is 10.1. The maximum Gasteiger partial charge on any atom is 0.410 e. The molecule has 0 spiro atoms. The minimum atomic E-state index is -0.466. The molecule has 3 rings (SSSR count). The molecule has 1 N–H and O–H groups in total. The Bertz CT molecular complexity index is 840. The Morgan fingerprint density at radius 2 is 1.97 bits per heavy atom. The number of carbonyl (C=O) groups is 1. The monoisotopic (exact) mass is 448 g/mol. The summed E-state index contributed by atoms with van der Waals surface area (Å²) in [4.78, 5) is 21.7. The Kier molecular flexibility index (Phi) is 7.50. The lowest BCUT2D eigenvalue weighted by molar-refractivity contribution is 0.000562. The molecular formula is C22H29ClN4O2S. The van der Waals surface area contributed by atoms with Crippen LogP contribution in [0.4, 0.5) is 10.5 Å². The summed E-state index contributed by atoms with van der Waals surface area (Å²) in [5.74, 6) is 0. The van der Waals surface area contributed by atoms with Gasteiger partial charge >= 0.3 is 6.09 Å². The van der Waals surface area contributed by atoms with Gasteiger partial charge in [-0.05, 0) is 69.5 Å². The van der Waals surface area contributed by atoms with Gasteiger partial charge in [0.15, 0.2) is 0 Å². The van der Waals surface area contributed by atoms with Gasteiger partial charge in [-0.1, -0.05) is 23.7 Å². The number of anilines is 1. The van der Waals surface area contributed by atoms with Gasteiger partial charge in [0.25, 0.3) is 0 Å². The maximum absolute atomic E-state index is 12.4. The number of piperazine rings is 1. The summed E-state index contributed by atoms with van der Waals surface area (Å²) in [5.41, 5.74) is 1.81. The van der Waals surface area contributed by atoms with Crippen LogP contribution >= 0.6 is 23.5 Å². The van der Waals surface area contributed by atoms with Gasteiger partial charge in [-0.15, -0.1) is 0 Å². The Labute approximate surface area is 188 Å². The van der Waals surface area contributed by atoms with Crippen molar-refractivity contribution in [3.63, 3.8) is 0 Å². The molecular weight excluding hydrogens is 420 g/mol. The van der Waals surface area contributed by atoms with Crippen molar-refractivity contribution in [2.75, 3.05) is 24.4 Å². The van der Waals surface area contributed by atoms with Crippen molar-refractivity contribution < 1.29 is 9.53 Å². The molecule has 162 valence electrons. The third-order valence-electron chi connectivity index (χ3n) is 4.69. The molecule has 1 aromatic carbocycles. The van der Waals surface area contributed by atoms with Crippen LogP contribution in [0.15, 0.2) is 47.5 Å². The van der Waals surface area contributed by atoms with Gasteiger partial charge in [-0.25, -0.2) is 9.78 Å². The molecule has 1 unspecified atom stereocenters. The Morgan fingerprint density at radius 3 is 2.57 bits per heavy atom. The van der Waals surface area contributed by atoms with Crippen LogP contribution in [0.5, 0.6) is 0 Å². The molecule has 0 radical (unpaired) electrons. The van der Waals surface area contributed by atoms with Crippen molar-refractivity contribution in [1.82, 2.24) is 14.8 Å². The van der Waals surface area contributed by atoms with E-state index in [-0.39, 0.29) is 12.1 Å². The highest BCUT2D eigenvalue weighted by Gasteiger charge is 2.30. The SMILES string of the molecule is CC1CN(Cc2ccc(NSc3ccc(Cl)nc3)cc2)CCN1C(=O)OC(C)(C)C. The number of amides is 1. The second-order valence-electron chi connectivity index (χ2n) is 8.48. The molecule has 30 heavy (non-hydrogen) atoms. The predicted octanol–water partition coefficient (Wildman–Crippen LogP) is 5.30. The van der Waals surface area contributed by atoms with Gasteiger partial charge in [0.2, 0.25) is 0 Å². The van der Waals surface area contributed by atoms with Gasteiger partial charge in [0, 0.05) is 49.0 Å². The molecule has 2 aromatic rings. The van der Waals surface area contributed by atoms with Gasteiger partial charge in [-0.2, -0.15) is 0 Å². The molecule has 0 bridgehead atoms. The van der Waals surface area contributed by atoms with Crippen LogP contribution in [0.2, 0.25) is 5.15 Å². The van der Waals surface area contributed by atoms with Crippen LogP contribution in [0.3, 0.4) is 0 Å². The van der Waals surface area contributed by atoms with Gasteiger partial charge in [-0.3, -0.25) is 4.90 Å². The normalized spacial score (nSPS) is 17.6. The van der Waals surface area contributed by atoms with Gasteiger partial charge in [0.05, 0.1) is 0 Å². The second-order valence-corrected chi connectivity index (χ2v) is 9.74. The molecule has 6 nitrogen and oxygen atoms in total. The number of pyridine rings is 1. The Hall–Kier alpha value is -1.96. The molecule has 1 atom stereocenters. The summed E-state index contributed by atoms with van der Waals surface area (Å²) in [6.45, 7) is 11.0. The standard InChI is InChI=1S/C22H29ClN4O2S/c1-16-14-26(11-12-27(16)21(28)29-22(2,3)4)15-17-5-7-18(8-6-17)25-30-19-9-10-20(23)24-13-19/h5-10,13,16,25H,11-12,14-15H2,1-4H3. The van der Waals surface area contributed by atoms with Crippen LogP contribution in [0.25, 0.3) is 0 Å². The first-order valence-corrected chi connectivity index (χ1v) is 11.2. The fourth-order valence-corrected chi connectivity index (χ4v) is 3.97. The summed E-state index contributed by atoms with van der Waals surface area (Å²) in [5, 5.41) is 0.491. The third kappa shape index (κ3) is 6.79. The smallest absolute Gasteiger partial charge is 0.410 e. The van der Waals surface area contributed by atoms with E-state index in [1.165, 1.54) is 17.5 Å². The van der Waals surface area contributed by atoms with E-state index in [1.54, 1.807) is 12.3 Å². The van der Waals surface area contributed by atoms with E-state index in [2.05, 4.69) is 45.8 Å². The van der Waals surface area contributed by atoms with Crippen LogP contribution < -0.4 is 4.72 Å². The van der Waals surface area contributed by atoms with Crippen molar-refractivity contribution in [1.29, 1.82) is 0 Å². The number of halogens is 1. The topological polar surface area (TPSA) is 57.7 Å². The fraction of sp³-hybridized carbons (Fsp3) is 0.455. The number of hydrogen-bond donors (Lipinski definition) is 1. The Balaban J connectivity index is 1.47. The zero-order valence-electron chi connectivity index (χ0n) is 17.9. The van der Waals surface area contributed by atoms with Crippen molar-refractivity contribution in [3.05, 3.63) is 53.3 Å². The van der Waals surface area contributed by atoms with Crippen LogP contribution in [-0.2, 0) is 11.3 Å². The van der Waals surface area contributed by atoms with Crippen molar-refractivity contribution in [3.8, 4) is 0 Å². The number of nitrogens with zero attached hydrogens (tertiary/aromatic N) is 3. The number of hydrogen-bond acceptors (Lipinski definition) is 6. The second kappa shape index (κ2) is 9.90. The summed E-state index contributed by atoms with van der Waals surface area (Å²) in [6, 6.07) is 12.2. The quantitative estimate of drug-likeness (QED) is 0.495. The van der Waals surface area contributed by atoms with E-state index in [0.29, 0.717) is 11.7 Å². The first-order valence-electron chi connectivity index (χ1n) is 10.0. The van der Waals surface area contributed by atoms with Crippen molar-refractivity contribution >= 4 is 35.3 Å². The van der Waals surface area contributed by atoms with Crippen LogP contribution in [-0.4, -0.2) is 52.2 Å². The zero-order chi connectivity index (χ0) is 21.7. The highest BCUT2D eigenvalue weighted by molar-refractivity contribution is 8.00. The molecule has 0 saturated carbocycles.